The number of hydrogen-bond acceptors (Lipinski definition) is 3. The number of hydrogen-bond donors (Lipinski definition) is 3. The van der Waals surface area contributed by atoms with E-state index in [1.54, 1.807) is 0 Å². The van der Waals surface area contributed by atoms with Crippen molar-refractivity contribution < 1.29 is 19.8 Å². The Hall–Kier alpha value is -1.74. The van der Waals surface area contributed by atoms with E-state index in [4.69, 9.17) is 16.6 Å². The van der Waals surface area contributed by atoms with Gasteiger partial charge in [0.1, 0.15) is 6.04 Å². The molecule has 0 heterocycles. The summed E-state index contributed by atoms with van der Waals surface area (Å²) in [5, 5.41) is 20.0. The van der Waals surface area contributed by atoms with E-state index in [2.05, 4.69) is 11.2 Å². The molecule has 1 atom stereocenters. The highest BCUT2D eigenvalue weighted by Crippen LogP contribution is 2.29. The Morgan fingerprint density at radius 2 is 2.17 bits per heavy atom. The number of carboxylic acid groups (broad SMARTS) is 1. The molecule has 0 radical (unpaired) electrons. The number of carbonyl (C=O) groups excluding carboxylic acids is 1. The van der Waals surface area contributed by atoms with Gasteiger partial charge < -0.3 is 20.4 Å². The summed E-state index contributed by atoms with van der Waals surface area (Å²) in [7, 11) is 0. The number of aliphatic hydroxyl groups is 1. The topological polar surface area (TPSA) is 89.9 Å². The molecule has 0 bridgehead atoms. The van der Waals surface area contributed by atoms with Gasteiger partial charge in [0.15, 0.2) is 0 Å². The third-order valence-corrected chi connectivity index (χ3v) is 2.76. The highest BCUT2D eigenvalue weighted by molar-refractivity contribution is 5.82. The van der Waals surface area contributed by atoms with Gasteiger partial charge in [-0.3, -0.25) is 0 Å². The number of aliphatic hydroxyl groups excluding tert-OH is 1. The van der Waals surface area contributed by atoms with E-state index in [1.165, 1.54) is 4.90 Å². The van der Waals surface area contributed by atoms with Gasteiger partial charge in [-0.1, -0.05) is 5.92 Å². The third kappa shape index (κ3) is 4.63. The number of rotatable bonds is 7. The van der Waals surface area contributed by atoms with Gasteiger partial charge in [-0.15, -0.1) is 6.42 Å². The second-order valence-electron chi connectivity index (χ2n) is 4.38. The molecule has 18 heavy (non-hydrogen) atoms. The molecule has 2 amide bonds. The summed E-state index contributed by atoms with van der Waals surface area (Å²) in [6, 6.07) is -1.57. The van der Waals surface area contributed by atoms with Gasteiger partial charge in [-0.2, -0.15) is 0 Å². The van der Waals surface area contributed by atoms with Crippen LogP contribution in [0.2, 0.25) is 0 Å². The standard InChI is InChI=1S/C12H18N2O4/c1-2-6-14(8-9-3-4-9)12(18)13-10(5-7-15)11(16)17/h1,9-10,15H,3-8H2,(H,13,18)(H,16,17). The average Bonchev–Trinajstić information content (AvgIpc) is 3.11. The van der Waals surface area contributed by atoms with Crippen molar-refractivity contribution >= 4 is 12.0 Å². The molecule has 0 aromatic carbocycles. The van der Waals surface area contributed by atoms with Crippen LogP contribution >= 0.6 is 0 Å². The maximum absolute atomic E-state index is 11.9. The van der Waals surface area contributed by atoms with Crippen LogP contribution in [-0.4, -0.2) is 52.9 Å². The molecule has 1 aliphatic carbocycles. The maximum Gasteiger partial charge on any atom is 0.326 e. The van der Waals surface area contributed by atoms with Crippen LogP contribution in [0.5, 0.6) is 0 Å². The molecule has 0 aliphatic heterocycles. The minimum Gasteiger partial charge on any atom is -0.480 e. The molecule has 1 unspecified atom stereocenters. The van der Waals surface area contributed by atoms with E-state index in [0.29, 0.717) is 12.5 Å². The first kappa shape index (κ1) is 14.3. The lowest BCUT2D eigenvalue weighted by Gasteiger charge is -2.23. The minimum atomic E-state index is -1.16. The predicted molar refractivity (Wildman–Crippen MR) is 64.8 cm³/mol. The van der Waals surface area contributed by atoms with Crippen LogP contribution in [0, 0.1) is 18.3 Å². The Bertz CT molecular complexity index is 346. The van der Waals surface area contributed by atoms with E-state index >= 15 is 0 Å². The summed E-state index contributed by atoms with van der Waals surface area (Å²) in [6.45, 7) is 0.421. The SMILES string of the molecule is C#CCN(CC1CC1)C(=O)NC(CCO)C(=O)O. The Balaban J connectivity index is 2.52. The summed E-state index contributed by atoms with van der Waals surface area (Å²) in [5.41, 5.74) is 0. The lowest BCUT2D eigenvalue weighted by Crippen LogP contribution is -2.49. The number of aliphatic carboxylic acids is 1. The van der Waals surface area contributed by atoms with E-state index in [1.807, 2.05) is 0 Å². The maximum atomic E-state index is 11.9. The van der Waals surface area contributed by atoms with Crippen molar-refractivity contribution in [1.29, 1.82) is 0 Å². The van der Waals surface area contributed by atoms with E-state index in [-0.39, 0.29) is 19.6 Å². The molecular formula is C12H18N2O4. The number of urea groups is 1. The summed E-state index contributed by atoms with van der Waals surface area (Å²) in [5.74, 6) is 1.70. The first-order valence-electron chi connectivity index (χ1n) is 5.91. The molecule has 6 heteroatoms. The Morgan fingerprint density at radius 1 is 1.50 bits per heavy atom. The molecule has 0 aromatic rings. The van der Waals surface area contributed by atoms with Gasteiger partial charge in [0.05, 0.1) is 6.54 Å². The van der Waals surface area contributed by atoms with E-state index in [9.17, 15) is 9.59 Å². The van der Waals surface area contributed by atoms with Crippen LogP contribution in [0.4, 0.5) is 4.79 Å². The van der Waals surface area contributed by atoms with Crippen molar-refractivity contribution in [3.63, 3.8) is 0 Å². The zero-order valence-corrected chi connectivity index (χ0v) is 10.1. The van der Waals surface area contributed by atoms with Crippen molar-refractivity contribution in [2.75, 3.05) is 19.7 Å². The molecule has 0 saturated heterocycles. The van der Waals surface area contributed by atoms with Gasteiger partial charge in [0.25, 0.3) is 0 Å². The molecule has 0 aromatic heterocycles. The second-order valence-corrected chi connectivity index (χ2v) is 4.38. The van der Waals surface area contributed by atoms with Gasteiger partial charge in [0, 0.05) is 19.6 Å². The van der Waals surface area contributed by atoms with Crippen molar-refractivity contribution in [3.05, 3.63) is 0 Å². The molecular weight excluding hydrogens is 236 g/mol. The number of carbonyl (C=O) groups is 2. The van der Waals surface area contributed by atoms with E-state index in [0.717, 1.165) is 12.8 Å². The zero-order chi connectivity index (χ0) is 13.5. The van der Waals surface area contributed by atoms with Gasteiger partial charge >= 0.3 is 12.0 Å². The summed E-state index contributed by atoms with van der Waals surface area (Å²) in [4.78, 5) is 24.2. The van der Waals surface area contributed by atoms with Crippen molar-refractivity contribution in [2.24, 2.45) is 5.92 Å². The Kier molecular flexibility index (Phi) is 5.46. The van der Waals surface area contributed by atoms with Crippen LogP contribution in [-0.2, 0) is 4.79 Å². The molecule has 1 rings (SSSR count). The molecule has 0 spiro atoms. The van der Waals surface area contributed by atoms with Crippen LogP contribution in [0.3, 0.4) is 0 Å². The number of terminal acetylenes is 1. The van der Waals surface area contributed by atoms with Crippen molar-refractivity contribution in [2.45, 2.75) is 25.3 Å². The molecule has 1 aliphatic rings. The van der Waals surface area contributed by atoms with Crippen LogP contribution in [0.15, 0.2) is 0 Å². The third-order valence-electron chi connectivity index (χ3n) is 2.76. The highest BCUT2D eigenvalue weighted by Gasteiger charge is 2.28. The normalized spacial score (nSPS) is 15.6. The average molecular weight is 254 g/mol. The fraction of sp³-hybridized carbons (Fsp3) is 0.667. The van der Waals surface area contributed by atoms with Crippen molar-refractivity contribution in [3.8, 4) is 12.3 Å². The number of nitrogens with one attached hydrogen (secondary N) is 1. The summed E-state index contributed by atoms with van der Waals surface area (Å²) < 4.78 is 0. The van der Waals surface area contributed by atoms with Gasteiger partial charge in [0.2, 0.25) is 0 Å². The van der Waals surface area contributed by atoms with Crippen molar-refractivity contribution in [1.82, 2.24) is 10.2 Å². The molecule has 6 nitrogen and oxygen atoms in total. The molecule has 3 N–H and O–H groups in total. The predicted octanol–water partition coefficient (Wildman–Crippen LogP) is -0.123. The summed E-state index contributed by atoms with van der Waals surface area (Å²) >= 11 is 0. The number of carboxylic acids is 1. The van der Waals surface area contributed by atoms with E-state index < -0.39 is 18.0 Å². The fourth-order valence-corrected chi connectivity index (χ4v) is 1.57. The molecule has 1 saturated carbocycles. The first-order chi connectivity index (χ1) is 8.58. The quantitative estimate of drug-likeness (QED) is 0.552. The van der Waals surface area contributed by atoms with Gasteiger partial charge in [-0.25, -0.2) is 9.59 Å². The number of nitrogens with zero attached hydrogens (tertiary/aromatic N) is 1. The lowest BCUT2D eigenvalue weighted by molar-refractivity contribution is -0.139. The Morgan fingerprint density at radius 3 is 2.61 bits per heavy atom. The molecule has 100 valence electrons. The smallest absolute Gasteiger partial charge is 0.326 e. The van der Waals surface area contributed by atoms with Crippen LogP contribution < -0.4 is 5.32 Å². The largest absolute Gasteiger partial charge is 0.480 e. The molecule has 1 fully saturated rings. The summed E-state index contributed by atoms with van der Waals surface area (Å²) in [6.07, 6.45) is 7.32. The lowest BCUT2D eigenvalue weighted by atomic mass is 10.2. The Labute approximate surface area is 106 Å². The zero-order valence-electron chi connectivity index (χ0n) is 10.1. The fourth-order valence-electron chi connectivity index (χ4n) is 1.57. The number of amides is 2. The first-order valence-corrected chi connectivity index (χ1v) is 5.91. The van der Waals surface area contributed by atoms with Crippen LogP contribution in [0.25, 0.3) is 0 Å². The van der Waals surface area contributed by atoms with Crippen LogP contribution in [0.1, 0.15) is 19.3 Å². The van der Waals surface area contributed by atoms with Gasteiger partial charge in [-0.05, 0) is 18.8 Å². The second kappa shape index (κ2) is 6.87. The highest BCUT2D eigenvalue weighted by atomic mass is 16.4. The minimum absolute atomic E-state index is 0.0194. The monoisotopic (exact) mass is 254 g/mol.